The largest absolute Gasteiger partial charge is 0.371 e. The van der Waals surface area contributed by atoms with Gasteiger partial charge in [0.2, 0.25) is 0 Å². The highest BCUT2D eigenvalue weighted by molar-refractivity contribution is 8.11. The third kappa shape index (κ3) is 36.4. The highest BCUT2D eigenvalue weighted by Crippen LogP contribution is 2.35. The molecule has 0 spiro atoms. The molecular formula is C30H62NO3PS2. The second-order valence-corrected chi connectivity index (χ2v) is 14.1. The van der Waals surface area contributed by atoms with Crippen LogP contribution in [0.5, 0.6) is 0 Å². The molecule has 0 saturated heterocycles. The van der Waals surface area contributed by atoms with Crippen LogP contribution in [-0.4, -0.2) is 26.8 Å². The topological polar surface area (TPSA) is 69.6 Å². The Kier molecular flexibility index (Phi) is 29.7. The van der Waals surface area contributed by atoms with Crippen LogP contribution in [0.2, 0.25) is 0 Å². The molecule has 0 unspecified atom stereocenters. The Hall–Kier alpha value is 0.390. The van der Waals surface area contributed by atoms with Crippen LogP contribution in [0.25, 0.3) is 0 Å². The predicted octanol–water partition coefficient (Wildman–Crippen LogP) is 10.5. The van der Waals surface area contributed by atoms with Gasteiger partial charge >= 0.3 is 7.60 Å². The van der Waals surface area contributed by atoms with E-state index in [4.69, 9.17) is 22.0 Å². The van der Waals surface area contributed by atoms with Gasteiger partial charge in [-0.1, -0.05) is 173 Å². The molecule has 0 bridgehead atoms. The molecule has 0 saturated carbocycles. The fourth-order valence-electron chi connectivity index (χ4n) is 5.06. The van der Waals surface area contributed by atoms with Crippen molar-refractivity contribution in [3.05, 3.63) is 0 Å². The predicted molar refractivity (Wildman–Crippen MR) is 171 cm³/mol. The van der Waals surface area contributed by atoms with Crippen LogP contribution in [0, 0.1) is 0 Å². The molecule has 0 radical (unpaired) electrons. The average molecular weight is 580 g/mol. The van der Waals surface area contributed by atoms with E-state index in [0.717, 1.165) is 19.4 Å². The van der Waals surface area contributed by atoms with Crippen molar-refractivity contribution in [3.8, 4) is 0 Å². The quantitative estimate of drug-likeness (QED) is 0.0295. The summed E-state index contributed by atoms with van der Waals surface area (Å²) in [6, 6.07) is 0. The first-order valence-corrected chi connectivity index (χ1v) is 18.6. The molecule has 37 heavy (non-hydrogen) atoms. The maximum absolute atomic E-state index is 10.8. The van der Waals surface area contributed by atoms with E-state index in [2.05, 4.69) is 17.9 Å². The molecule has 7 heteroatoms. The molecule has 0 heterocycles. The zero-order valence-electron chi connectivity index (χ0n) is 24.1. The van der Waals surface area contributed by atoms with Crippen LogP contribution >= 0.6 is 32.4 Å². The van der Waals surface area contributed by atoms with Gasteiger partial charge in [-0.25, -0.2) is 0 Å². The Morgan fingerprint density at radius 2 is 0.703 bits per heavy atom. The van der Waals surface area contributed by atoms with E-state index in [1.165, 1.54) is 154 Å². The molecule has 0 amide bonds. The molecule has 0 aromatic heterocycles. The van der Waals surface area contributed by atoms with Crippen LogP contribution in [0.1, 0.15) is 173 Å². The number of hydrogen-bond donors (Lipinski definition) is 4. The van der Waals surface area contributed by atoms with Crippen molar-refractivity contribution < 1.29 is 14.4 Å². The van der Waals surface area contributed by atoms with Crippen molar-refractivity contribution in [2.45, 2.75) is 173 Å². The van der Waals surface area contributed by atoms with E-state index in [9.17, 15) is 4.57 Å². The van der Waals surface area contributed by atoms with Crippen molar-refractivity contribution in [1.29, 1.82) is 0 Å². The smallest absolute Gasteiger partial charge is 0.325 e. The molecule has 0 aliphatic carbocycles. The van der Waals surface area contributed by atoms with Gasteiger partial charge in [0, 0.05) is 12.7 Å². The monoisotopic (exact) mass is 579 g/mol. The Balaban J connectivity index is 3.05. The lowest BCUT2D eigenvalue weighted by Crippen LogP contribution is -2.17. The van der Waals surface area contributed by atoms with Crippen LogP contribution in [0.15, 0.2) is 0 Å². The SMILES string of the molecule is O=P(O)(O)CCCCCCCCCCCCCCCCCCCCCCCCCCCCCNC(=S)S. The van der Waals surface area contributed by atoms with E-state index in [-0.39, 0.29) is 6.16 Å². The molecule has 0 aliphatic rings. The molecule has 0 aliphatic heterocycles. The molecule has 3 N–H and O–H groups in total. The fourth-order valence-corrected chi connectivity index (χ4v) is 5.91. The van der Waals surface area contributed by atoms with Gasteiger partial charge in [-0.2, -0.15) is 0 Å². The molecule has 0 atom stereocenters. The van der Waals surface area contributed by atoms with Crippen molar-refractivity contribution in [2.75, 3.05) is 12.7 Å². The first-order chi connectivity index (χ1) is 17.9. The third-order valence-corrected chi connectivity index (χ3v) is 8.60. The highest BCUT2D eigenvalue weighted by Gasteiger charge is 2.10. The van der Waals surface area contributed by atoms with Crippen LogP contribution in [0.3, 0.4) is 0 Å². The summed E-state index contributed by atoms with van der Waals surface area (Å²) >= 11 is 8.96. The lowest BCUT2D eigenvalue weighted by atomic mass is 10.0. The van der Waals surface area contributed by atoms with E-state index in [0.29, 0.717) is 10.7 Å². The summed E-state index contributed by atoms with van der Waals surface area (Å²) in [7, 11) is -3.77. The highest BCUT2D eigenvalue weighted by atomic mass is 32.1. The lowest BCUT2D eigenvalue weighted by molar-refractivity contribution is 0.370. The van der Waals surface area contributed by atoms with Crippen molar-refractivity contribution in [1.82, 2.24) is 5.32 Å². The Bertz CT molecular complexity index is 531. The van der Waals surface area contributed by atoms with E-state index >= 15 is 0 Å². The van der Waals surface area contributed by atoms with E-state index in [1.807, 2.05) is 0 Å². The normalized spacial score (nSPS) is 11.8. The molecule has 222 valence electrons. The molecule has 0 aromatic rings. The van der Waals surface area contributed by atoms with Crippen LogP contribution < -0.4 is 5.32 Å². The zero-order chi connectivity index (χ0) is 27.3. The minimum atomic E-state index is -3.77. The van der Waals surface area contributed by atoms with Crippen molar-refractivity contribution in [3.63, 3.8) is 0 Å². The zero-order valence-corrected chi connectivity index (χ0v) is 26.7. The van der Waals surface area contributed by atoms with Crippen LogP contribution in [0.4, 0.5) is 0 Å². The summed E-state index contributed by atoms with van der Waals surface area (Å²) < 4.78 is 11.4. The number of rotatable bonds is 30. The second-order valence-electron chi connectivity index (χ2n) is 11.2. The summed E-state index contributed by atoms with van der Waals surface area (Å²) in [5.74, 6) is 0. The number of hydrogen-bond acceptors (Lipinski definition) is 2. The van der Waals surface area contributed by atoms with Gasteiger partial charge in [0.1, 0.15) is 4.32 Å². The maximum atomic E-state index is 10.8. The first kappa shape index (κ1) is 37.4. The number of thiocarbonyl (C=S) groups is 1. The maximum Gasteiger partial charge on any atom is 0.325 e. The average Bonchev–Trinajstić information content (AvgIpc) is 2.84. The van der Waals surface area contributed by atoms with Gasteiger partial charge in [-0.15, -0.1) is 12.6 Å². The van der Waals surface area contributed by atoms with Crippen molar-refractivity contribution >= 4 is 36.8 Å². The first-order valence-electron chi connectivity index (χ1n) is 15.9. The molecule has 0 fully saturated rings. The van der Waals surface area contributed by atoms with Gasteiger partial charge in [-0.3, -0.25) is 4.57 Å². The lowest BCUT2D eigenvalue weighted by Gasteiger charge is -2.05. The summed E-state index contributed by atoms with van der Waals surface area (Å²) in [6.45, 7) is 0.974. The Morgan fingerprint density at radius 3 is 0.919 bits per heavy atom. The Morgan fingerprint density at radius 1 is 0.486 bits per heavy atom. The number of thiol groups is 1. The van der Waals surface area contributed by atoms with Gasteiger partial charge < -0.3 is 15.1 Å². The fraction of sp³-hybridized carbons (Fsp3) is 0.967. The number of unbranched alkanes of at least 4 members (excludes halogenated alkanes) is 26. The van der Waals surface area contributed by atoms with Crippen molar-refractivity contribution in [2.24, 2.45) is 0 Å². The molecular weight excluding hydrogens is 517 g/mol. The minimum absolute atomic E-state index is 0.0574. The molecule has 0 rings (SSSR count). The Labute approximate surface area is 241 Å². The standard InChI is InChI=1S/C30H62NO3PS2/c32-35(33,34)29-27-25-23-21-19-17-15-13-11-9-7-5-3-1-2-4-6-8-10-12-14-16-18-20-22-24-26-28-31-30(36)37/h1-29H2,(H2,31,36,37)(H2,32,33,34). The van der Waals surface area contributed by atoms with Crippen LogP contribution in [-0.2, 0) is 4.57 Å². The molecule has 0 aromatic carbocycles. The number of nitrogens with one attached hydrogen (secondary N) is 1. The second kappa shape index (κ2) is 29.4. The van der Waals surface area contributed by atoms with Gasteiger partial charge in [0.15, 0.2) is 0 Å². The van der Waals surface area contributed by atoms with E-state index < -0.39 is 7.60 Å². The van der Waals surface area contributed by atoms with Gasteiger partial charge in [0.25, 0.3) is 0 Å². The van der Waals surface area contributed by atoms with Gasteiger partial charge in [-0.05, 0) is 12.8 Å². The summed E-state index contributed by atoms with van der Waals surface area (Å²) in [5, 5.41) is 3.10. The summed E-state index contributed by atoms with van der Waals surface area (Å²) in [5.41, 5.74) is 0. The summed E-state index contributed by atoms with van der Waals surface area (Å²) in [4.78, 5) is 17.7. The summed E-state index contributed by atoms with van der Waals surface area (Å²) in [6.07, 6.45) is 36.0. The third-order valence-electron chi connectivity index (χ3n) is 7.40. The van der Waals surface area contributed by atoms with E-state index in [1.54, 1.807) is 0 Å². The molecule has 4 nitrogen and oxygen atoms in total. The van der Waals surface area contributed by atoms with Gasteiger partial charge in [0.05, 0.1) is 0 Å². The minimum Gasteiger partial charge on any atom is -0.371 e.